The lowest BCUT2D eigenvalue weighted by Gasteiger charge is -2.21. The molecule has 0 aliphatic rings. The lowest BCUT2D eigenvalue weighted by Crippen LogP contribution is -2.33. The van der Waals surface area contributed by atoms with E-state index in [0.29, 0.717) is 19.5 Å². The molecule has 0 fully saturated rings. The van der Waals surface area contributed by atoms with Crippen molar-refractivity contribution in [3.05, 3.63) is 65.0 Å². The van der Waals surface area contributed by atoms with Crippen LogP contribution in [-0.2, 0) is 22.4 Å². The number of para-hydroxylation sites is 1. The van der Waals surface area contributed by atoms with Gasteiger partial charge in [-0.25, -0.2) is 4.39 Å². The van der Waals surface area contributed by atoms with Crippen molar-refractivity contribution < 1.29 is 14.0 Å². The van der Waals surface area contributed by atoms with Crippen LogP contribution in [0.4, 0.5) is 10.1 Å². The highest BCUT2D eigenvalue weighted by molar-refractivity contribution is 5.92. The van der Waals surface area contributed by atoms with Crippen LogP contribution >= 0.6 is 0 Å². The van der Waals surface area contributed by atoms with Gasteiger partial charge in [-0.3, -0.25) is 9.59 Å². The largest absolute Gasteiger partial charge is 0.342 e. The van der Waals surface area contributed by atoms with Crippen molar-refractivity contribution in [2.24, 2.45) is 0 Å². The van der Waals surface area contributed by atoms with Gasteiger partial charge in [0.15, 0.2) is 0 Å². The average molecular weight is 370 g/mol. The Morgan fingerprint density at radius 1 is 1.07 bits per heavy atom. The molecule has 0 unspecified atom stereocenters. The summed E-state index contributed by atoms with van der Waals surface area (Å²) in [7, 11) is 0. The van der Waals surface area contributed by atoms with Gasteiger partial charge < -0.3 is 10.2 Å². The van der Waals surface area contributed by atoms with Gasteiger partial charge >= 0.3 is 0 Å². The molecule has 0 bridgehead atoms. The first-order chi connectivity index (χ1) is 12.9. The Bertz CT molecular complexity index is 787. The van der Waals surface area contributed by atoms with Gasteiger partial charge in [0, 0.05) is 32.1 Å². The Hall–Kier alpha value is -2.69. The zero-order valence-electron chi connectivity index (χ0n) is 16.2. The maximum Gasteiger partial charge on any atom is 0.226 e. The normalized spacial score (nSPS) is 10.5. The summed E-state index contributed by atoms with van der Waals surface area (Å²) in [4.78, 5) is 25.9. The van der Waals surface area contributed by atoms with Gasteiger partial charge in [-0.2, -0.15) is 0 Å². The Kier molecular flexibility index (Phi) is 7.53. The average Bonchev–Trinajstić information content (AvgIpc) is 2.64. The molecule has 0 saturated carbocycles. The number of benzene rings is 2. The number of carbonyl (C=O) groups excluding carboxylic acids is 2. The number of amides is 2. The summed E-state index contributed by atoms with van der Waals surface area (Å²) in [6.07, 6.45) is 1.70. The van der Waals surface area contributed by atoms with E-state index in [4.69, 9.17) is 0 Å². The first-order valence-electron chi connectivity index (χ1n) is 9.29. The molecule has 0 aromatic heterocycles. The van der Waals surface area contributed by atoms with Crippen molar-refractivity contribution in [1.29, 1.82) is 0 Å². The molecule has 0 atom stereocenters. The molecule has 0 spiro atoms. The van der Waals surface area contributed by atoms with Gasteiger partial charge in [0.1, 0.15) is 5.82 Å². The van der Waals surface area contributed by atoms with E-state index in [2.05, 4.69) is 12.2 Å². The summed E-state index contributed by atoms with van der Waals surface area (Å²) in [5, 5.41) is 2.99. The van der Waals surface area contributed by atoms with Crippen LogP contribution in [0.25, 0.3) is 0 Å². The fourth-order valence-electron chi connectivity index (χ4n) is 2.98. The summed E-state index contributed by atoms with van der Waals surface area (Å²) < 4.78 is 13.0. The zero-order valence-corrected chi connectivity index (χ0v) is 16.2. The molecule has 5 heteroatoms. The molecule has 27 heavy (non-hydrogen) atoms. The quantitative estimate of drug-likeness (QED) is 0.760. The molecular weight excluding hydrogens is 343 g/mol. The Morgan fingerprint density at radius 2 is 1.78 bits per heavy atom. The van der Waals surface area contributed by atoms with Crippen LogP contribution in [0.15, 0.2) is 42.5 Å². The van der Waals surface area contributed by atoms with Crippen molar-refractivity contribution in [3.8, 4) is 0 Å². The number of nitrogens with one attached hydrogen (secondary N) is 1. The highest BCUT2D eigenvalue weighted by atomic mass is 19.1. The Balaban J connectivity index is 1.90. The van der Waals surface area contributed by atoms with E-state index >= 15 is 0 Å². The number of nitrogens with zero attached hydrogens (tertiary/aromatic N) is 1. The number of carbonyl (C=O) groups is 2. The van der Waals surface area contributed by atoms with Crippen LogP contribution in [0.3, 0.4) is 0 Å². The second-order valence-electron chi connectivity index (χ2n) is 6.64. The van der Waals surface area contributed by atoms with Crippen LogP contribution in [0.5, 0.6) is 0 Å². The Labute approximate surface area is 160 Å². The van der Waals surface area contributed by atoms with Gasteiger partial charge in [-0.15, -0.1) is 0 Å². The fraction of sp³-hybridized carbons (Fsp3) is 0.364. The van der Waals surface area contributed by atoms with Gasteiger partial charge in [-0.1, -0.05) is 37.3 Å². The lowest BCUT2D eigenvalue weighted by molar-refractivity contribution is -0.129. The maximum absolute atomic E-state index is 13.0. The second-order valence-corrected chi connectivity index (χ2v) is 6.64. The lowest BCUT2D eigenvalue weighted by atomic mass is 10.1. The van der Waals surface area contributed by atoms with E-state index in [0.717, 1.165) is 28.8 Å². The van der Waals surface area contributed by atoms with Crippen molar-refractivity contribution >= 4 is 17.5 Å². The van der Waals surface area contributed by atoms with Gasteiger partial charge in [0.2, 0.25) is 11.8 Å². The number of anilines is 1. The summed E-state index contributed by atoms with van der Waals surface area (Å²) in [6, 6.07) is 12.2. The minimum Gasteiger partial charge on any atom is -0.342 e. The third-order valence-corrected chi connectivity index (χ3v) is 4.64. The van der Waals surface area contributed by atoms with Crippen molar-refractivity contribution in [2.45, 2.75) is 40.0 Å². The van der Waals surface area contributed by atoms with E-state index < -0.39 is 0 Å². The van der Waals surface area contributed by atoms with Crippen LogP contribution in [0, 0.1) is 12.7 Å². The minimum absolute atomic E-state index is 0.0740. The zero-order chi connectivity index (χ0) is 19.8. The third-order valence-electron chi connectivity index (χ3n) is 4.64. The minimum atomic E-state index is -0.276. The number of rotatable bonds is 8. The SMILES string of the molecule is CCc1cccc(C)c1NC(=O)CCN(CCc1ccc(F)cc1)C(C)=O. The van der Waals surface area contributed by atoms with Gasteiger partial charge in [-0.05, 0) is 48.6 Å². The molecule has 2 aromatic carbocycles. The highest BCUT2D eigenvalue weighted by Crippen LogP contribution is 2.21. The number of hydrogen-bond donors (Lipinski definition) is 1. The first kappa shape index (κ1) is 20.6. The fourth-order valence-corrected chi connectivity index (χ4v) is 2.98. The molecule has 0 aliphatic carbocycles. The molecule has 2 rings (SSSR count). The molecular formula is C22H27FN2O2. The molecule has 2 amide bonds. The maximum atomic E-state index is 13.0. The summed E-state index contributed by atoms with van der Waals surface area (Å²) in [5.41, 5.74) is 3.95. The number of hydrogen-bond acceptors (Lipinski definition) is 2. The first-order valence-corrected chi connectivity index (χ1v) is 9.29. The van der Waals surface area contributed by atoms with E-state index in [1.54, 1.807) is 17.0 Å². The standard InChI is InChI=1S/C22H27FN2O2/c1-4-19-7-5-6-16(2)22(19)24-21(27)13-15-25(17(3)26)14-12-18-8-10-20(23)11-9-18/h5-11H,4,12-15H2,1-3H3,(H,24,27). The van der Waals surface area contributed by atoms with Crippen LogP contribution < -0.4 is 5.32 Å². The molecule has 0 radical (unpaired) electrons. The molecule has 2 aromatic rings. The molecule has 0 saturated heterocycles. The van der Waals surface area contributed by atoms with Crippen LogP contribution in [0.2, 0.25) is 0 Å². The van der Waals surface area contributed by atoms with E-state index in [9.17, 15) is 14.0 Å². The third kappa shape index (κ3) is 6.20. The highest BCUT2D eigenvalue weighted by Gasteiger charge is 2.13. The van der Waals surface area contributed by atoms with Crippen LogP contribution in [0.1, 0.15) is 37.0 Å². The Morgan fingerprint density at radius 3 is 2.41 bits per heavy atom. The van der Waals surface area contributed by atoms with E-state index in [1.807, 2.05) is 25.1 Å². The van der Waals surface area contributed by atoms with Crippen molar-refractivity contribution in [3.63, 3.8) is 0 Å². The van der Waals surface area contributed by atoms with E-state index in [1.165, 1.54) is 19.1 Å². The summed E-state index contributed by atoms with van der Waals surface area (Å²) in [6.45, 7) is 6.38. The number of halogens is 1. The predicted molar refractivity (Wildman–Crippen MR) is 106 cm³/mol. The second kappa shape index (κ2) is 9.86. The molecule has 0 heterocycles. The van der Waals surface area contributed by atoms with Crippen molar-refractivity contribution in [1.82, 2.24) is 4.90 Å². The van der Waals surface area contributed by atoms with Crippen molar-refractivity contribution in [2.75, 3.05) is 18.4 Å². The smallest absolute Gasteiger partial charge is 0.226 e. The van der Waals surface area contributed by atoms with Crippen LogP contribution in [-0.4, -0.2) is 29.8 Å². The monoisotopic (exact) mass is 370 g/mol. The topological polar surface area (TPSA) is 49.4 Å². The summed E-state index contributed by atoms with van der Waals surface area (Å²) >= 11 is 0. The molecule has 1 N–H and O–H groups in total. The van der Waals surface area contributed by atoms with Gasteiger partial charge in [0.25, 0.3) is 0 Å². The van der Waals surface area contributed by atoms with E-state index in [-0.39, 0.29) is 24.1 Å². The summed E-state index contributed by atoms with van der Waals surface area (Å²) in [5.74, 6) is -0.455. The molecule has 4 nitrogen and oxygen atoms in total. The number of aryl methyl sites for hydroxylation is 2. The molecule has 0 aliphatic heterocycles. The predicted octanol–water partition coefficient (Wildman–Crippen LogP) is 4.12. The van der Waals surface area contributed by atoms with Gasteiger partial charge in [0.05, 0.1) is 0 Å². The molecule has 144 valence electrons.